The van der Waals surface area contributed by atoms with Crippen molar-refractivity contribution in [2.24, 2.45) is 20.7 Å². The Hall–Kier alpha value is -1.65. The molecule has 0 unspecified atom stereocenters. The Labute approximate surface area is 84.5 Å². The lowest BCUT2D eigenvalue weighted by molar-refractivity contribution is 0.839. The number of aliphatic imine (C=N–C) groups is 3. The van der Waals surface area contributed by atoms with E-state index in [1.807, 2.05) is 13.8 Å². The van der Waals surface area contributed by atoms with E-state index in [-0.39, 0.29) is 6.04 Å². The molecule has 5 heteroatoms. The van der Waals surface area contributed by atoms with Gasteiger partial charge in [-0.2, -0.15) is 0 Å². The van der Waals surface area contributed by atoms with Crippen molar-refractivity contribution in [3.63, 3.8) is 0 Å². The van der Waals surface area contributed by atoms with Crippen LogP contribution in [0.15, 0.2) is 26.9 Å². The van der Waals surface area contributed by atoms with Gasteiger partial charge in [0.15, 0.2) is 0 Å². The van der Waals surface area contributed by atoms with Gasteiger partial charge in [0.25, 0.3) is 0 Å². The molecule has 0 spiro atoms. The molecule has 0 atom stereocenters. The van der Waals surface area contributed by atoms with Crippen molar-refractivity contribution in [1.29, 1.82) is 0 Å². The number of nitrogens with one attached hydrogen (secondary N) is 1. The number of hydrogen-bond donors (Lipinski definition) is 2. The third-order valence-corrected chi connectivity index (χ3v) is 1.31. The summed E-state index contributed by atoms with van der Waals surface area (Å²) in [6.45, 7) is 7.31. The lowest BCUT2D eigenvalue weighted by Crippen LogP contribution is -2.22. The zero-order valence-corrected chi connectivity index (χ0v) is 8.86. The Bertz CT molecular complexity index is 262. The van der Waals surface area contributed by atoms with E-state index >= 15 is 0 Å². The van der Waals surface area contributed by atoms with Crippen LogP contribution in [-0.2, 0) is 0 Å². The molecule has 3 N–H and O–H groups in total. The summed E-state index contributed by atoms with van der Waals surface area (Å²) in [4.78, 5) is 11.7. The summed E-state index contributed by atoms with van der Waals surface area (Å²) in [5.41, 5.74) is 6.03. The summed E-state index contributed by atoms with van der Waals surface area (Å²) in [6, 6.07) is 0.227. The molecule has 0 aromatic rings. The van der Waals surface area contributed by atoms with Gasteiger partial charge in [-0.1, -0.05) is 0 Å². The number of hydrogen-bond acceptors (Lipinski definition) is 3. The topological polar surface area (TPSA) is 75.1 Å². The van der Waals surface area contributed by atoms with Crippen molar-refractivity contribution in [3.05, 3.63) is 11.9 Å². The van der Waals surface area contributed by atoms with Crippen LogP contribution in [0, 0.1) is 0 Å². The first kappa shape index (κ1) is 12.3. The molecule has 0 amide bonds. The highest BCUT2D eigenvalue weighted by Crippen LogP contribution is 1.88. The number of nitrogens with zero attached hydrogens (tertiary/aromatic N) is 3. The van der Waals surface area contributed by atoms with Gasteiger partial charge in [0.1, 0.15) is 0 Å². The fourth-order valence-electron chi connectivity index (χ4n) is 0.642. The Morgan fingerprint density at radius 2 is 2.14 bits per heavy atom. The second-order valence-electron chi connectivity index (χ2n) is 2.82. The van der Waals surface area contributed by atoms with Crippen molar-refractivity contribution in [3.8, 4) is 0 Å². The third-order valence-electron chi connectivity index (χ3n) is 1.31. The van der Waals surface area contributed by atoms with Crippen LogP contribution >= 0.6 is 0 Å². The predicted octanol–water partition coefficient (Wildman–Crippen LogP) is 0.542. The number of rotatable bonds is 3. The van der Waals surface area contributed by atoms with Gasteiger partial charge >= 0.3 is 0 Å². The zero-order chi connectivity index (χ0) is 11.0. The molecule has 0 aliphatic carbocycles. The molecule has 0 saturated heterocycles. The van der Waals surface area contributed by atoms with Crippen molar-refractivity contribution in [2.45, 2.75) is 19.9 Å². The summed E-state index contributed by atoms with van der Waals surface area (Å²) in [6.07, 6.45) is 3.04. The third kappa shape index (κ3) is 5.08. The van der Waals surface area contributed by atoms with Crippen molar-refractivity contribution in [1.82, 2.24) is 5.32 Å². The molecule has 0 aliphatic rings. The summed E-state index contributed by atoms with van der Waals surface area (Å²) >= 11 is 0. The maximum Gasteiger partial charge on any atom is 0.221 e. The Balaban J connectivity index is 4.39. The molecule has 5 nitrogen and oxygen atoms in total. The smallest absolute Gasteiger partial charge is 0.221 e. The molecule has 0 radical (unpaired) electrons. The second kappa shape index (κ2) is 6.82. The minimum Gasteiger partial charge on any atom is -0.403 e. The van der Waals surface area contributed by atoms with Gasteiger partial charge in [0.2, 0.25) is 5.96 Å². The largest absolute Gasteiger partial charge is 0.403 e. The van der Waals surface area contributed by atoms with Crippen LogP contribution in [0.4, 0.5) is 0 Å². The minimum atomic E-state index is 0.227. The first-order valence-corrected chi connectivity index (χ1v) is 4.29. The number of allylic oxidation sites excluding steroid dienone is 1. The normalized spacial score (nSPS) is 13.7. The van der Waals surface area contributed by atoms with Crippen molar-refractivity contribution >= 4 is 18.9 Å². The van der Waals surface area contributed by atoms with Crippen LogP contribution in [-0.4, -0.2) is 32.0 Å². The molecule has 14 heavy (non-hydrogen) atoms. The van der Waals surface area contributed by atoms with E-state index in [1.165, 1.54) is 6.20 Å². The number of guanidine groups is 1. The molecule has 0 aromatic heterocycles. The summed E-state index contributed by atoms with van der Waals surface area (Å²) in [7, 11) is 1.62. The lowest BCUT2D eigenvalue weighted by atomic mass is 10.4. The van der Waals surface area contributed by atoms with Crippen LogP contribution < -0.4 is 11.1 Å². The van der Waals surface area contributed by atoms with Crippen molar-refractivity contribution < 1.29 is 0 Å². The van der Waals surface area contributed by atoms with E-state index in [4.69, 9.17) is 5.73 Å². The molecule has 0 saturated carbocycles. The van der Waals surface area contributed by atoms with E-state index < -0.39 is 0 Å². The molecular weight excluding hydrogens is 178 g/mol. The molecular formula is C9H17N5. The fraction of sp³-hybridized carbons (Fsp3) is 0.444. The summed E-state index contributed by atoms with van der Waals surface area (Å²) in [5, 5.41) is 2.87. The average molecular weight is 195 g/mol. The standard InChI is InChI=1S/C9H17N5/c1-7(2)13-6-8(5-10)14-9(11-3)12-4/h5-7H,3,10H2,1-2,4H3,(H,12,14). The Morgan fingerprint density at radius 3 is 2.50 bits per heavy atom. The van der Waals surface area contributed by atoms with E-state index in [1.54, 1.807) is 13.3 Å². The maximum atomic E-state index is 5.38. The first-order chi connectivity index (χ1) is 6.63. The molecule has 0 heterocycles. The van der Waals surface area contributed by atoms with Crippen molar-refractivity contribution in [2.75, 3.05) is 7.05 Å². The molecule has 78 valence electrons. The van der Waals surface area contributed by atoms with Crippen LogP contribution in [0.2, 0.25) is 0 Å². The maximum absolute atomic E-state index is 5.38. The quantitative estimate of drug-likeness (QED) is 0.509. The molecule has 0 rings (SSSR count). The van der Waals surface area contributed by atoms with E-state index in [0.29, 0.717) is 11.7 Å². The highest BCUT2D eigenvalue weighted by molar-refractivity contribution is 5.91. The fourth-order valence-corrected chi connectivity index (χ4v) is 0.642. The minimum absolute atomic E-state index is 0.227. The Morgan fingerprint density at radius 1 is 1.50 bits per heavy atom. The van der Waals surface area contributed by atoms with Gasteiger partial charge in [0.05, 0.1) is 5.70 Å². The monoisotopic (exact) mass is 195 g/mol. The first-order valence-electron chi connectivity index (χ1n) is 4.29. The van der Waals surface area contributed by atoms with Gasteiger partial charge in [0, 0.05) is 25.5 Å². The zero-order valence-electron chi connectivity index (χ0n) is 8.86. The molecule has 0 aliphatic heterocycles. The summed E-state index contributed by atoms with van der Waals surface area (Å²) < 4.78 is 0. The van der Waals surface area contributed by atoms with E-state index in [9.17, 15) is 0 Å². The van der Waals surface area contributed by atoms with Gasteiger partial charge in [-0.3, -0.25) is 9.98 Å². The lowest BCUT2D eigenvalue weighted by Gasteiger charge is -2.04. The molecule has 0 fully saturated rings. The average Bonchev–Trinajstić information content (AvgIpc) is 2.18. The SMILES string of the molecule is C=NC(=NC)NC(C=NC(C)C)=CN. The van der Waals surface area contributed by atoms with Gasteiger partial charge in [-0.15, -0.1) is 0 Å². The Kier molecular flexibility index (Phi) is 6.02. The molecule has 0 bridgehead atoms. The van der Waals surface area contributed by atoms with Crippen LogP contribution in [0.1, 0.15) is 13.8 Å². The van der Waals surface area contributed by atoms with Gasteiger partial charge < -0.3 is 11.1 Å². The highest BCUT2D eigenvalue weighted by atomic mass is 15.1. The van der Waals surface area contributed by atoms with Crippen LogP contribution in [0.25, 0.3) is 0 Å². The van der Waals surface area contributed by atoms with E-state index in [0.717, 1.165) is 0 Å². The van der Waals surface area contributed by atoms with E-state index in [2.05, 4.69) is 27.0 Å². The highest BCUT2D eigenvalue weighted by Gasteiger charge is 1.96. The van der Waals surface area contributed by atoms with Gasteiger partial charge in [-0.05, 0) is 20.6 Å². The molecule has 0 aromatic carbocycles. The van der Waals surface area contributed by atoms with Crippen LogP contribution in [0.3, 0.4) is 0 Å². The van der Waals surface area contributed by atoms with Gasteiger partial charge in [-0.25, -0.2) is 4.99 Å². The second-order valence-corrected chi connectivity index (χ2v) is 2.82. The predicted molar refractivity (Wildman–Crippen MR) is 61.9 cm³/mol. The van der Waals surface area contributed by atoms with Crippen LogP contribution in [0.5, 0.6) is 0 Å². The summed E-state index contributed by atoms with van der Waals surface area (Å²) in [5.74, 6) is 0.414. The number of nitrogens with two attached hydrogens (primary N) is 1.